The summed E-state index contributed by atoms with van der Waals surface area (Å²) in [6.07, 6.45) is 0.674. The highest BCUT2D eigenvalue weighted by Crippen LogP contribution is 2.42. The fourth-order valence-electron chi connectivity index (χ4n) is 3.76. The Morgan fingerprint density at radius 1 is 1.26 bits per heavy atom. The summed E-state index contributed by atoms with van der Waals surface area (Å²) in [5.41, 5.74) is 3.21. The Hall–Kier alpha value is -4.19. The van der Waals surface area contributed by atoms with Crippen LogP contribution in [0.15, 0.2) is 53.5 Å². The van der Waals surface area contributed by atoms with Gasteiger partial charge in [-0.25, -0.2) is 27.6 Å². The summed E-state index contributed by atoms with van der Waals surface area (Å²) in [5.74, 6) is -9.09. The summed E-state index contributed by atoms with van der Waals surface area (Å²) in [4.78, 5) is 40.1. The van der Waals surface area contributed by atoms with E-state index in [0.717, 1.165) is 12.1 Å². The van der Waals surface area contributed by atoms with Gasteiger partial charge in [-0.3, -0.25) is 4.57 Å². The lowest BCUT2D eigenvalue weighted by molar-refractivity contribution is -0.0185. The number of nitrogen functional groups attached to an aromatic ring is 1. The number of nitrogens with zero attached hydrogens (tertiary/aromatic N) is 2. The summed E-state index contributed by atoms with van der Waals surface area (Å²) in [6, 6.07) is 9.88. The van der Waals surface area contributed by atoms with Gasteiger partial charge in [0.2, 0.25) is 0 Å². The fraction of sp³-hybridized carbons (Fsp3) is 0.217. The van der Waals surface area contributed by atoms with Crippen LogP contribution in [0.25, 0.3) is 5.69 Å². The molecule has 0 bridgehead atoms. The second kappa shape index (κ2) is 9.22. The predicted molar refractivity (Wildman–Crippen MR) is 115 cm³/mol. The first kappa shape index (κ1) is 24.0. The Labute approximate surface area is 195 Å². The van der Waals surface area contributed by atoms with Gasteiger partial charge in [0, 0.05) is 5.56 Å². The van der Waals surface area contributed by atoms with Crippen LogP contribution in [0.1, 0.15) is 37.8 Å². The van der Waals surface area contributed by atoms with Gasteiger partial charge in [-0.15, -0.1) is 0 Å². The first-order chi connectivity index (χ1) is 16.6. The topological polar surface area (TPSA) is 134 Å². The molecule has 1 unspecified atom stereocenters. The SMILES string of the molecule is Nc1nc(=O)n(-c2cc(C(=O)O)c(COC(=O)c3ccccc3)c(C3COCC3(F)F)c2)cc1F. The average molecular weight is 489 g/mol. The third kappa shape index (κ3) is 4.73. The fourth-order valence-corrected chi connectivity index (χ4v) is 3.76. The Balaban J connectivity index is 1.86. The molecule has 1 atom stereocenters. The first-order valence-corrected chi connectivity index (χ1v) is 10.2. The number of rotatable bonds is 6. The summed E-state index contributed by atoms with van der Waals surface area (Å²) in [5, 5.41) is 9.83. The molecule has 35 heavy (non-hydrogen) atoms. The molecule has 2 aromatic carbocycles. The standard InChI is InChI=1S/C23H18F3N3O6/c24-18-8-29(22(33)28-19(18)27)13-6-14(17-10-34-11-23(17,25)26)16(15(7-13)20(30)31)9-35-21(32)12-4-2-1-3-5-12/h1-8,17H,9-11H2,(H,30,31)(H2,27,28,33). The molecule has 0 saturated carbocycles. The molecule has 3 aromatic rings. The lowest BCUT2D eigenvalue weighted by atomic mass is 9.88. The number of aromatic carboxylic acids is 1. The number of hydrogen-bond acceptors (Lipinski definition) is 7. The van der Waals surface area contributed by atoms with Gasteiger partial charge in [-0.05, 0) is 29.8 Å². The Morgan fingerprint density at radius 3 is 2.60 bits per heavy atom. The van der Waals surface area contributed by atoms with Crippen LogP contribution < -0.4 is 11.4 Å². The van der Waals surface area contributed by atoms with Crippen molar-refractivity contribution in [2.24, 2.45) is 0 Å². The lowest BCUT2D eigenvalue weighted by Gasteiger charge is -2.23. The summed E-state index contributed by atoms with van der Waals surface area (Å²) in [7, 11) is 0. The molecule has 3 N–H and O–H groups in total. The van der Waals surface area contributed by atoms with E-state index in [0.29, 0.717) is 10.8 Å². The van der Waals surface area contributed by atoms with Gasteiger partial charge in [0.25, 0.3) is 5.92 Å². The molecule has 0 radical (unpaired) electrons. The van der Waals surface area contributed by atoms with E-state index >= 15 is 0 Å². The number of alkyl halides is 2. The molecule has 0 aliphatic carbocycles. The zero-order valence-electron chi connectivity index (χ0n) is 17.9. The minimum atomic E-state index is -3.39. The Kier molecular flexibility index (Phi) is 6.31. The molecule has 1 aliphatic heterocycles. The average Bonchev–Trinajstić information content (AvgIpc) is 3.18. The monoisotopic (exact) mass is 489 g/mol. The van der Waals surface area contributed by atoms with E-state index in [-0.39, 0.29) is 22.4 Å². The highest BCUT2D eigenvalue weighted by molar-refractivity contribution is 5.92. The van der Waals surface area contributed by atoms with Gasteiger partial charge in [0.1, 0.15) is 13.2 Å². The smallest absolute Gasteiger partial charge is 0.354 e. The van der Waals surface area contributed by atoms with Crippen molar-refractivity contribution in [1.82, 2.24) is 9.55 Å². The van der Waals surface area contributed by atoms with Crippen LogP contribution in [-0.4, -0.2) is 45.7 Å². The van der Waals surface area contributed by atoms with E-state index < -0.39 is 66.5 Å². The molecule has 1 saturated heterocycles. The van der Waals surface area contributed by atoms with Crippen LogP contribution in [0.5, 0.6) is 0 Å². The molecular weight excluding hydrogens is 471 g/mol. The third-order valence-electron chi connectivity index (χ3n) is 5.51. The van der Waals surface area contributed by atoms with Crippen molar-refractivity contribution >= 4 is 17.8 Å². The van der Waals surface area contributed by atoms with Crippen molar-refractivity contribution in [3.8, 4) is 5.69 Å². The zero-order valence-corrected chi connectivity index (χ0v) is 17.9. The summed E-state index contributed by atoms with van der Waals surface area (Å²) in [6.45, 7) is -2.02. The van der Waals surface area contributed by atoms with Crippen LogP contribution in [0.2, 0.25) is 0 Å². The van der Waals surface area contributed by atoms with Gasteiger partial charge in [-0.1, -0.05) is 18.2 Å². The number of nitrogens with two attached hydrogens (primary N) is 1. The molecule has 1 aromatic heterocycles. The number of ether oxygens (including phenoxy) is 2. The van der Waals surface area contributed by atoms with E-state index in [1.54, 1.807) is 18.2 Å². The highest BCUT2D eigenvalue weighted by Gasteiger charge is 2.47. The van der Waals surface area contributed by atoms with Crippen molar-refractivity contribution in [3.05, 3.63) is 87.2 Å². The molecule has 9 nitrogen and oxygen atoms in total. The molecule has 12 heteroatoms. The van der Waals surface area contributed by atoms with E-state index in [1.165, 1.54) is 12.1 Å². The van der Waals surface area contributed by atoms with E-state index in [1.807, 2.05) is 0 Å². The van der Waals surface area contributed by atoms with E-state index in [9.17, 15) is 32.7 Å². The number of carboxylic acids is 1. The van der Waals surface area contributed by atoms with Gasteiger partial charge in [0.05, 0.1) is 35.5 Å². The highest BCUT2D eigenvalue weighted by atomic mass is 19.3. The van der Waals surface area contributed by atoms with E-state index in [2.05, 4.69) is 4.98 Å². The number of halogens is 3. The molecule has 4 rings (SSSR count). The van der Waals surface area contributed by atoms with Crippen LogP contribution in [-0.2, 0) is 16.1 Å². The molecule has 2 heterocycles. The number of benzene rings is 2. The molecule has 1 fully saturated rings. The van der Waals surface area contributed by atoms with Crippen molar-refractivity contribution in [2.45, 2.75) is 18.4 Å². The first-order valence-electron chi connectivity index (χ1n) is 10.2. The number of carbonyl (C=O) groups excluding carboxylic acids is 1. The molecule has 182 valence electrons. The Morgan fingerprint density at radius 2 is 1.97 bits per heavy atom. The van der Waals surface area contributed by atoms with E-state index in [4.69, 9.17) is 15.2 Å². The number of carboxylic acid groups (broad SMARTS) is 1. The maximum atomic E-state index is 14.7. The van der Waals surface area contributed by atoms with Crippen LogP contribution >= 0.6 is 0 Å². The normalized spacial score (nSPS) is 16.7. The molecule has 0 spiro atoms. The second-order valence-corrected chi connectivity index (χ2v) is 7.76. The molecular formula is C23H18F3N3O6. The van der Waals surface area contributed by atoms with Crippen molar-refractivity contribution in [1.29, 1.82) is 0 Å². The quantitative estimate of drug-likeness (QED) is 0.505. The van der Waals surface area contributed by atoms with Crippen molar-refractivity contribution in [3.63, 3.8) is 0 Å². The van der Waals surface area contributed by atoms with Crippen LogP contribution in [0.3, 0.4) is 0 Å². The van der Waals surface area contributed by atoms with Crippen molar-refractivity contribution < 1.29 is 37.3 Å². The summed E-state index contributed by atoms with van der Waals surface area (Å²) >= 11 is 0. The largest absolute Gasteiger partial charge is 0.478 e. The minimum Gasteiger partial charge on any atom is -0.478 e. The second-order valence-electron chi connectivity index (χ2n) is 7.76. The lowest BCUT2D eigenvalue weighted by Crippen LogP contribution is -2.28. The maximum Gasteiger partial charge on any atom is 0.354 e. The number of carbonyl (C=O) groups is 2. The number of aromatic nitrogens is 2. The van der Waals surface area contributed by atoms with Gasteiger partial charge in [-0.2, -0.15) is 4.98 Å². The predicted octanol–water partition coefficient (Wildman–Crippen LogP) is 2.76. The Bertz CT molecular complexity index is 1360. The maximum absolute atomic E-state index is 14.7. The number of anilines is 1. The van der Waals surface area contributed by atoms with Gasteiger partial charge >= 0.3 is 17.6 Å². The molecule has 0 amide bonds. The third-order valence-corrected chi connectivity index (χ3v) is 5.51. The van der Waals surface area contributed by atoms with Crippen LogP contribution in [0.4, 0.5) is 19.0 Å². The van der Waals surface area contributed by atoms with Crippen LogP contribution in [0, 0.1) is 5.82 Å². The summed E-state index contributed by atoms with van der Waals surface area (Å²) < 4.78 is 54.1. The number of esters is 1. The molecule has 1 aliphatic rings. The van der Waals surface area contributed by atoms with Gasteiger partial charge < -0.3 is 20.3 Å². The zero-order chi connectivity index (χ0) is 25.3. The van der Waals surface area contributed by atoms with Gasteiger partial charge in [0.15, 0.2) is 11.6 Å². The minimum absolute atomic E-state index is 0.173. The number of hydrogen-bond donors (Lipinski definition) is 2. The van der Waals surface area contributed by atoms with Crippen molar-refractivity contribution in [2.75, 3.05) is 18.9 Å².